The molecule has 3 amide bonds. The number of amides is 3. The van der Waals surface area contributed by atoms with Gasteiger partial charge in [-0.1, -0.05) is 42.5 Å². The Bertz CT molecular complexity index is 1270. The van der Waals surface area contributed by atoms with E-state index in [0.29, 0.717) is 37.7 Å². The van der Waals surface area contributed by atoms with Crippen LogP contribution in [-0.4, -0.2) is 33.5 Å². The van der Waals surface area contributed by atoms with E-state index in [-0.39, 0.29) is 11.6 Å². The summed E-state index contributed by atoms with van der Waals surface area (Å²) in [6, 6.07) is 17.8. The van der Waals surface area contributed by atoms with Gasteiger partial charge in [0.15, 0.2) is 0 Å². The van der Waals surface area contributed by atoms with Gasteiger partial charge in [-0.05, 0) is 62.8 Å². The number of rotatable bonds is 6. The Hall–Kier alpha value is -3.74. The molecule has 1 aliphatic carbocycles. The van der Waals surface area contributed by atoms with Gasteiger partial charge in [0, 0.05) is 29.9 Å². The van der Waals surface area contributed by atoms with E-state index in [4.69, 9.17) is 10.5 Å². The highest BCUT2D eigenvalue weighted by molar-refractivity contribution is 6.02. The van der Waals surface area contributed by atoms with Gasteiger partial charge in [-0.25, -0.2) is 4.79 Å². The van der Waals surface area contributed by atoms with Gasteiger partial charge in [0.1, 0.15) is 12.4 Å². The summed E-state index contributed by atoms with van der Waals surface area (Å²) in [5, 5.41) is 3.03. The predicted molar refractivity (Wildman–Crippen MR) is 140 cm³/mol. The van der Waals surface area contributed by atoms with E-state index in [1.54, 1.807) is 4.90 Å². The van der Waals surface area contributed by atoms with Crippen molar-refractivity contribution in [2.45, 2.75) is 64.8 Å². The highest BCUT2D eigenvalue weighted by atomic mass is 16.5. The molecule has 2 heterocycles. The number of carbonyl (C=O) groups is 2. The van der Waals surface area contributed by atoms with Crippen molar-refractivity contribution in [2.24, 2.45) is 5.73 Å². The summed E-state index contributed by atoms with van der Waals surface area (Å²) in [5.41, 5.74) is 11.1. The van der Waals surface area contributed by atoms with Crippen molar-refractivity contribution in [2.75, 3.05) is 6.54 Å². The fourth-order valence-corrected chi connectivity index (χ4v) is 4.96. The molecule has 0 bridgehead atoms. The summed E-state index contributed by atoms with van der Waals surface area (Å²) < 4.78 is 8.21. The largest absolute Gasteiger partial charge is 0.489 e. The van der Waals surface area contributed by atoms with Crippen LogP contribution in [0.15, 0.2) is 54.6 Å². The molecule has 0 saturated heterocycles. The first-order valence-electron chi connectivity index (χ1n) is 12.6. The first-order chi connectivity index (χ1) is 17.2. The molecule has 3 N–H and O–H groups in total. The van der Waals surface area contributed by atoms with Crippen molar-refractivity contribution in [3.8, 4) is 16.9 Å². The summed E-state index contributed by atoms with van der Waals surface area (Å²) in [7, 11) is 0. The topological polar surface area (TPSA) is 89.6 Å². The van der Waals surface area contributed by atoms with Gasteiger partial charge in [0.25, 0.3) is 5.91 Å². The number of hydrogen-bond acceptors (Lipinski definition) is 3. The number of nitrogens with two attached hydrogens (primary N) is 1. The van der Waals surface area contributed by atoms with Crippen molar-refractivity contribution >= 4 is 11.9 Å². The normalized spacial score (nSPS) is 15.4. The molecule has 188 valence electrons. The van der Waals surface area contributed by atoms with Gasteiger partial charge >= 0.3 is 6.03 Å². The number of ether oxygens (including phenoxy) is 1. The summed E-state index contributed by atoms with van der Waals surface area (Å²) in [6.45, 7) is 7.98. The quantitative estimate of drug-likeness (QED) is 0.512. The van der Waals surface area contributed by atoms with Crippen LogP contribution in [0, 0.1) is 0 Å². The monoisotopic (exact) mass is 486 g/mol. The molecule has 0 radical (unpaired) electrons. The third kappa shape index (κ3) is 4.96. The van der Waals surface area contributed by atoms with Gasteiger partial charge in [0.05, 0.1) is 17.8 Å². The zero-order valence-electron chi connectivity index (χ0n) is 21.2. The number of nitrogens with zero attached hydrogens (tertiary/aromatic N) is 2. The molecule has 0 atom stereocenters. The van der Waals surface area contributed by atoms with Crippen molar-refractivity contribution in [3.05, 3.63) is 77.1 Å². The molecule has 7 nitrogen and oxygen atoms in total. The van der Waals surface area contributed by atoms with Gasteiger partial charge in [0.2, 0.25) is 0 Å². The van der Waals surface area contributed by atoms with E-state index in [2.05, 4.69) is 9.88 Å². The molecule has 0 unspecified atom stereocenters. The molecular weight excluding hydrogens is 452 g/mol. The zero-order chi connectivity index (χ0) is 25.4. The molecule has 1 aliphatic heterocycles. The number of hydrogen-bond donors (Lipinski definition) is 2. The first-order valence-corrected chi connectivity index (χ1v) is 12.6. The number of fused-ring (bicyclic) bond motifs is 1. The van der Waals surface area contributed by atoms with Crippen LogP contribution >= 0.6 is 0 Å². The second-order valence-electron chi connectivity index (χ2n) is 10.8. The maximum atomic E-state index is 12.9. The molecule has 1 fully saturated rings. The van der Waals surface area contributed by atoms with Gasteiger partial charge in [-0.15, -0.1) is 0 Å². The van der Waals surface area contributed by atoms with Crippen LogP contribution in [0.2, 0.25) is 0 Å². The fraction of sp³-hybridized carbons (Fsp3) is 0.379. The summed E-state index contributed by atoms with van der Waals surface area (Å²) in [5.74, 6) is 0.726. The molecule has 7 heteroatoms. The second kappa shape index (κ2) is 9.37. The van der Waals surface area contributed by atoms with E-state index in [9.17, 15) is 9.59 Å². The Morgan fingerprint density at radius 2 is 1.72 bits per heavy atom. The van der Waals surface area contributed by atoms with Crippen LogP contribution in [0.1, 0.15) is 66.8 Å². The molecule has 2 aromatic carbocycles. The Labute approximate surface area is 212 Å². The van der Waals surface area contributed by atoms with Crippen LogP contribution < -0.4 is 15.8 Å². The molecule has 36 heavy (non-hydrogen) atoms. The van der Waals surface area contributed by atoms with Crippen LogP contribution in [0.25, 0.3) is 11.1 Å². The van der Waals surface area contributed by atoms with Crippen LogP contribution in [0.4, 0.5) is 4.79 Å². The summed E-state index contributed by atoms with van der Waals surface area (Å²) in [6.07, 6.45) is 2.20. The van der Waals surface area contributed by atoms with E-state index in [0.717, 1.165) is 41.0 Å². The van der Waals surface area contributed by atoms with Gasteiger partial charge in [-0.3, -0.25) is 4.79 Å². The van der Waals surface area contributed by atoms with Crippen LogP contribution in [0.5, 0.6) is 5.75 Å². The van der Waals surface area contributed by atoms with Gasteiger partial charge in [-0.2, -0.15) is 0 Å². The Morgan fingerprint density at radius 1 is 1.03 bits per heavy atom. The average molecular weight is 487 g/mol. The van der Waals surface area contributed by atoms with Crippen molar-refractivity contribution in [1.29, 1.82) is 0 Å². The standard InChI is InChI=1S/C29H34N4O3/c1-29(2,3)31-28(35)32-15-16-33-23(17-32)25(27(30)34)24(26(33)21-9-10-21)20-11-13-22(14-12-20)36-18-19-7-5-4-6-8-19/h4-8,11-14,21H,9-10,15-18H2,1-3H3,(H2,30,34)(H,31,35). The highest BCUT2D eigenvalue weighted by Gasteiger charge is 2.38. The molecule has 3 aromatic rings. The highest BCUT2D eigenvalue weighted by Crippen LogP contribution is 2.48. The lowest BCUT2D eigenvalue weighted by molar-refractivity contribution is 0.0997. The number of nitrogens with one attached hydrogen (secondary N) is 1. The molecule has 1 aromatic heterocycles. The van der Waals surface area contributed by atoms with E-state index in [1.807, 2.05) is 75.4 Å². The number of primary amides is 1. The minimum Gasteiger partial charge on any atom is -0.489 e. The van der Waals surface area contributed by atoms with Crippen molar-refractivity contribution < 1.29 is 14.3 Å². The average Bonchev–Trinajstić information content (AvgIpc) is 3.62. The number of urea groups is 1. The second-order valence-corrected chi connectivity index (χ2v) is 10.8. The SMILES string of the molecule is CC(C)(C)NC(=O)N1CCn2c(c(C(N)=O)c(-c3ccc(OCc4ccccc4)cc3)c2C2CC2)C1. The van der Waals surface area contributed by atoms with Crippen LogP contribution in [0.3, 0.4) is 0 Å². The molecule has 5 rings (SSSR count). The summed E-state index contributed by atoms with van der Waals surface area (Å²) in [4.78, 5) is 27.5. The fourth-order valence-electron chi connectivity index (χ4n) is 4.96. The van der Waals surface area contributed by atoms with Crippen LogP contribution in [-0.2, 0) is 19.7 Å². The molecule has 0 spiro atoms. The Balaban J connectivity index is 1.46. The van der Waals surface area contributed by atoms with Gasteiger partial charge < -0.3 is 25.3 Å². The number of benzene rings is 2. The maximum absolute atomic E-state index is 12.9. The first kappa shape index (κ1) is 24.0. The zero-order valence-corrected chi connectivity index (χ0v) is 21.2. The molecule has 1 saturated carbocycles. The van der Waals surface area contributed by atoms with E-state index in [1.165, 1.54) is 5.69 Å². The lowest BCUT2D eigenvalue weighted by Crippen LogP contribution is -2.50. The van der Waals surface area contributed by atoms with Crippen molar-refractivity contribution in [1.82, 2.24) is 14.8 Å². The third-order valence-corrected chi connectivity index (χ3v) is 6.72. The minimum atomic E-state index is -0.455. The third-order valence-electron chi connectivity index (χ3n) is 6.72. The molecular formula is C29H34N4O3. The number of carbonyl (C=O) groups excluding carboxylic acids is 2. The van der Waals surface area contributed by atoms with Crippen molar-refractivity contribution in [3.63, 3.8) is 0 Å². The Kier molecular flexibility index (Phi) is 6.24. The predicted octanol–water partition coefficient (Wildman–Crippen LogP) is 5.03. The number of aromatic nitrogens is 1. The molecule has 2 aliphatic rings. The lowest BCUT2D eigenvalue weighted by atomic mass is 9.97. The van der Waals surface area contributed by atoms with E-state index >= 15 is 0 Å². The lowest BCUT2D eigenvalue weighted by Gasteiger charge is -2.33. The minimum absolute atomic E-state index is 0.125. The Morgan fingerprint density at radius 3 is 2.33 bits per heavy atom. The van der Waals surface area contributed by atoms with E-state index < -0.39 is 5.91 Å². The maximum Gasteiger partial charge on any atom is 0.318 e. The summed E-state index contributed by atoms with van der Waals surface area (Å²) >= 11 is 0. The smallest absolute Gasteiger partial charge is 0.318 e.